The first-order valence-electron chi connectivity index (χ1n) is 5.02. The van der Waals surface area contributed by atoms with Gasteiger partial charge in [-0.05, 0) is 11.4 Å². The third-order valence-electron chi connectivity index (χ3n) is 2.20. The zero-order valence-electron chi connectivity index (χ0n) is 8.92. The van der Waals surface area contributed by atoms with Crippen LogP contribution >= 0.6 is 11.3 Å². The molecule has 17 heavy (non-hydrogen) atoms. The number of carbonyl (C=O) groups is 1. The molecule has 2 rings (SSSR count). The maximum atomic E-state index is 11.9. The van der Waals surface area contributed by atoms with Gasteiger partial charge in [0, 0.05) is 6.54 Å². The molecule has 2 aromatic heterocycles. The lowest BCUT2D eigenvalue weighted by atomic mass is 10.4. The summed E-state index contributed by atoms with van der Waals surface area (Å²) in [5.74, 6) is -0.322. The van der Waals surface area contributed by atoms with Crippen LogP contribution in [0.15, 0.2) is 22.6 Å². The molecule has 0 radical (unpaired) electrons. The Labute approximate surface area is 101 Å². The van der Waals surface area contributed by atoms with E-state index < -0.39 is 0 Å². The van der Waals surface area contributed by atoms with Gasteiger partial charge < -0.3 is 10.4 Å². The number of nitrogens with zero attached hydrogens (tertiary/aromatic N) is 2. The molecule has 0 aromatic carbocycles. The van der Waals surface area contributed by atoms with Crippen molar-refractivity contribution in [3.63, 3.8) is 0 Å². The standard InChI is InChI=1S/C10H11N3O3S/c14-3-2-11-8(15)5-13-6-12-9-7(10(13)16)1-4-17-9/h1,4,6,14H,2-3,5H2,(H,11,15). The summed E-state index contributed by atoms with van der Waals surface area (Å²) in [5, 5.41) is 13.3. The van der Waals surface area contributed by atoms with Gasteiger partial charge in [0.05, 0.1) is 18.3 Å². The molecule has 0 unspecified atom stereocenters. The van der Waals surface area contributed by atoms with Crippen molar-refractivity contribution in [1.29, 1.82) is 0 Å². The number of thiophene rings is 1. The molecule has 0 aliphatic heterocycles. The molecule has 90 valence electrons. The maximum absolute atomic E-state index is 11.9. The Morgan fingerprint density at radius 3 is 3.18 bits per heavy atom. The summed E-state index contributed by atoms with van der Waals surface area (Å²) in [6.45, 7) is -0.0260. The third kappa shape index (κ3) is 2.51. The van der Waals surface area contributed by atoms with Crippen molar-refractivity contribution >= 4 is 27.5 Å². The fraction of sp³-hybridized carbons (Fsp3) is 0.300. The van der Waals surface area contributed by atoms with Crippen LogP contribution in [-0.4, -0.2) is 33.7 Å². The van der Waals surface area contributed by atoms with E-state index in [0.29, 0.717) is 10.2 Å². The predicted octanol–water partition coefficient (Wildman–Crippen LogP) is -0.434. The Morgan fingerprint density at radius 1 is 1.59 bits per heavy atom. The summed E-state index contributed by atoms with van der Waals surface area (Å²) in [7, 11) is 0. The lowest BCUT2D eigenvalue weighted by Gasteiger charge is -2.05. The molecule has 0 fully saturated rings. The lowest BCUT2D eigenvalue weighted by Crippen LogP contribution is -2.33. The number of nitrogens with one attached hydrogen (secondary N) is 1. The quantitative estimate of drug-likeness (QED) is 0.774. The van der Waals surface area contributed by atoms with E-state index in [1.165, 1.54) is 22.2 Å². The molecule has 0 aliphatic rings. The first kappa shape index (κ1) is 11.7. The van der Waals surface area contributed by atoms with Gasteiger partial charge in [-0.1, -0.05) is 0 Å². The van der Waals surface area contributed by atoms with Gasteiger partial charge in [-0.25, -0.2) is 4.98 Å². The fourth-order valence-electron chi connectivity index (χ4n) is 1.41. The zero-order chi connectivity index (χ0) is 12.3. The molecule has 2 aromatic rings. The van der Waals surface area contributed by atoms with E-state index in [-0.39, 0.29) is 31.2 Å². The van der Waals surface area contributed by atoms with Gasteiger partial charge >= 0.3 is 0 Å². The molecule has 0 saturated heterocycles. The predicted molar refractivity (Wildman–Crippen MR) is 64.0 cm³/mol. The van der Waals surface area contributed by atoms with Crippen molar-refractivity contribution in [3.05, 3.63) is 28.1 Å². The maximum Gasteiger partial charge on any atom is 0.262 e. The van der Waals surface area contributed by atoms with Gasteiger partial charge in [0.2, 0.25) is 5.91 Å². The fourth-order valence-corrected chi connectivity index (χ4v) is 2.14. The second kappa shape index (κ2) is 5.07. The van der Waals surface area contributed by atoms with Gasteiger partial charge in [0.15, 0.2) is 0 Å². The highest BCUT2D eigenvalue weighted by molar-refractivity contribution is 7.16. The molecule has 0 spiro atoms. The van der Waals surface area contributed by atoms with Crippen LogP contribution in [0.25, 0.3) is 10.2 Å². The highest BCUT2D eigenvalue weighted by atomic mass is 32.1. The van der Waals surface area contributed by atoms with Crippen LogP contribution in [0.4, 0.5) is 0 Å². The number of fused-ring (bicyclic) bond motifs is 1. The van der Waals surface area contributed by atoms with Crippen molar-refractivity contribution in [3.8, 4) is 0 Å². The van der Waals surface area contributed by atoms with Gasteiger partial charge in [-0.3, -0.25) is 14.2 Å². The minimum atomic E-state index is -0.322. The molecule has 2 heterocycles. The van der Waals surface area contributed by atoms with Crippen LogP contribution in [-0.2, 0) is 11.3 Å². The van der Waals surface area contributed by atoms with E-state index in [9.17, 15) is 9.59 Å². The normalized spacial score (nSPS) is 10.6. The van der Waals surface area contributed by atoms with Crippen LogP contribution in [0.3, 0.4) is 0 Å². The monoisotopic (exact) mass is 253 g/mol. The Kier molecular flexibility index (Phi) is 3.50. The van der Waals surface area contributed by atoms with Crippen LogP contribution in [0, 0.1) is 0 Å². The van der Waals surface area contributed by atoms with Gasteiger partial charge in [-0.15, -0.1) is 11.3 Å². The Bertz CT molecular complexity index is 590. The minimum absolute atomic E-state index is 0.0857. The van der Waals surface area contributed by atoms with Crippen LogP contribution in [0.5, 0.6) is 0 Å². The molecule has 2 N–H and O–H groups in total. The third-order valence-corrected chi connectivity index (χ3v) is 3.02. The highest BCUT2D eigenvalue weighted by Gasteiger charge is 2.08. The van der Waals surface area contributed by atoms with E-state index >= 15 is 0 Å². The molecule has 0 atom stereocenters. The number of hydrogen-bond acceptors (Lipinski definition) is 5. The molecule has 0 saturated carbocycles. The molecule has 6 nitrogen and oxygen atoms in total. The van der Waals surface area contributed by atoms with Crippen LogP contribution in [0.2, 0.25) is 0 Å². The topological polar surface area (TPSA) is 84.2 Å². The summed E-state index contributed by atoms with van der Waals surface area (Å²) in [6.07, 6.45) is 1.36. The Hall–Kier alpha value is -1.73. The van der Waals surface area contributed by atoms with Crippen molar-refractivity contribution < 1.29 is 9.90 Å². The summed E-state index contributed by atoms with van der Waals surface area (Å²) >= 11 is 1.38. The van der Waals surface area contributed by atoms with Crippen LogP contribution < -0.4 is 10.9 Å². The average Bonchev–Trinajstić information content (AvgIpc) is 2.79. The number of aliphatic hydroxyl groups excluding tert-OH is 1. The number of amides is 1. The van der Waals surface area contributed by atoms with Gasteiger partial charge in [0.1, 0.15) is 11.4 Å². The number of aromatic nitrogens is 2. The Morgan fingerprint density at radius 2 is 2.41 bits per heavy atom. The highest BCUT2D eigenvalue weighted by Crippen LogP contribution is 2.12. The molecule has 0 bridgehead atoms. The largest absolute Gasteiger partial charge is 0.395 e. The van der Waals surface area contributed by atoms with Crippen molar-refractivity contribution in [1.82, 2.24) is 14.9 Å². The van der Waals surface area contributed by atoms with E-state index in [4.69, 9.17) is 5.11 Å². The molecule has 7 heteroatoms. The number of rotatable bonds is 4. The summed E-state index contributed by atoms with van der Waals surface area (Å²) < 4.78 is 1.25. The smallest absolute Gasteiger partial charge is 0.262 e. The number of aliphatic hydroxyl groups is 1. The van der Waals surface area contributed by atoms with Crippen molar-refractivity contribution in [2.45, 2.75) is 6.54 Å². The zero-order valence-corrected chi connectivity index (χ0v) is 9.74. The van der Waals surface area contributed by atoms with Crippen molar-refractivity contribution in [2.24, 2.45) is 0 Å². The van der Waals surface area contributed by atoms with Crippen molar-refractivity contribution in [2.75, 3.05) is 13.2 Å². The summed E-state index contributed by atoms with van der Waals surface area (Å²) in [4.78, 5) is 28.0. The van der Waals surface area contributed by atoms with E-state index in [1.807, 2.05) is 0 Å². The SMILES string of the molecule is O=C(Cn1cnc2sccc2c1=O)NCCO. The van der Waals surface area contributed by atoms with Gasteiger partial charge in [-0.2, -0.15) is 0 Å². The number of hydrogen-bond donors (Lipinski definition) is 2. The molecular formula is C10H11N3O3S. The number of carbonyl (C=O) groups excluding carboxylic acids is 1. The summed E-state index contributed by atoms with van der Waals surface area (Å²) in [6, 6.07) is 1.69. The van der Waals surface area contributed by atoms with E-state index in [0.717, 1.165) is 0 Å². The van der Waals surface area contributed by atoms with Gasteiger partial charge in [0.25, 0.3) is 5.56 Å². The van der Waals surface area contributed by atoms with E-state index in [2.05, 4.69) is 10.3 Å². The average molecular weight is 253 g/mol. The molecular weight excluding hydrogens is 242 g/mol. The first-order valence-corrected chi connectivity index (χ1v) is 5.90. The van der Waals surface area contributed by atoms with E-state index in [1.54, 1.807) is 11.4 Å². The minimum Gasteiger partial charge on any atom is -0.395 e. The lowest BCUT2D eigenvalue weighted by molar-refractivity contribution is -0.121. The molecule has 0 aliphatic carbocycles. The molecule has 1 amide bonds. The Balaban J connectivity index is 2.21. The van der Waals surface area contributed by atoms with Crippen LogP contribution in [0.1, 0.15) is 0 Å². The first-order chi connectivity index (χ1) is 8.22. The summed E-state index contributed by atoms with van der Waals surface area (Å²) in [5.41, 5.74) is -0.226. The second-order valence-corrected chi connectivity index (χ2v) is 4.29. The second-order valence-electron chi connectivity index (χ2n) is 3.39.